The van der Waals surface area contributed by atoms with Gasteiger partial charge in [0.25, 0.3) is 0 Å². The maximum Gasteiger partial charge on any atom is 0.239 e. The smallest absolute Gasteiger partial charge is 0.239 e. The Kier molecular flexibility index (Phi) is 7.92. The van der Waals surface area contributed by atoms with E-state index in [9.17, 15) is 14.7 Å². The van der Waals surface area contributed by atoms with E-state index >= 15 is 0 Å². The molecule has 1 aliphatic heterocycles. The van der Waals surface area contributed by atoms with E-state index in [0.717, 1.165) is 28.2 Å². The van der Waals surface area contributed by atoms with Gasteiger partial charge in [0, 0.05) is 24.2 Å². The van der Waals surface area contributed by atoms with Crippen molar-refractivity contribution in [3.05, 3.63) is 89.1 Å². The highest BCUT2D eigenvalue weighted by atomic mass is 16.5. The highest BCUT2D eigenvalue weighted by Crippen LogP contribution is 2.49. The minimum absolute atomic E-state index is 0.0424. The number of Topliss-reactive ketones (excluding diaryl/α,β-unsaturated/α-hetero) is 1. The molecule has 0 fully saturated rings. The molecule has 0 spiro atoms. The summed E-state index contributed by atoms with van der Waals surface area (Å²) in [4.78, 5) is 29.4. The van der Waals surface area contributed by atoms with Gasteiger partial charge in [0.05, 0.1) is 38.2 Å². The number of para-hydroxylation sites is 2. The van der Waals surface area contributed by atoms with Gasteiger partial charge in [0.15, 0.2) is 17.3 Å². The minimum atomic E-state index is -0.521. The van der Waals surface area contributed by atoms with Crippen LogP contribution < -0.4 is 25.0 Å². The Balaban J connectivity index is 1.54. The van der Waals surface area contributed by atoms with Crippen LogP contribution in [0.25, 0.3) is 0 Å². The molecule has 3 aromatic rings. The fourth-order valence-corrected chi connectivity index (χ4v) is 5.82. The second-order valence-corrected chi connectivity index (χ2v) is 11.4. The first-order valence-corrected chi connectivity index (χ1v) is 13.8. The summed E-state index contributed by atoms with van der Waals surface area (Å²) in [5.74, 6) is 1.26. The van der Waals surface area contributed by atoms with Gasteiger partial charge in [-0.3, -0.25) is 9.59 Å². The molecular formula is C33H37N3O5. The predicted molar refractivity (Wildman–Crippen MR) is 160 cm³/mol. The molecule has 2 aliphatic rings. The van der Waals surface area contributed by atoms with Gasteiger partial charge in [-0.1, -0.05) is 44.2 Å². The molecule has 1 heterocycles. The molecule has 1 atom stereocenters. The SMILES string of the molecule is COc1ccc(C2C3=C(CC(C)(C)CC3=O)Nc3ccccc3N2CC(=O)NCCc2ccc(O)cc2)cc1OC. The lowest BCUT2D eigenvalue weighted by Gasteiger charge is -2.38. The molecule has 1 amide bonds. The second-order valence-electron chi connectivity index (χ2n) is 11.4. The Hall–Kier alpha value is -4.46. The van der Waals surface area contributed by atoms with Gasteiger partial charge in [-0.05, 0) is 65.8 Å². The lowest BCUT2D eigenvalue weighted by atomic mass is 9.73. The summed E-state index contributed by atoms with van der Waals surface area (Å²) in [6.45, 7) is 4.70. The molecule has 0 radical (unpaired) electrons. The maximum absolute atomic E-state index is 13.9. The molecule has 3 N–H and O–H groups in total. The van der Waals surface area contributed by atoms with Crippen LogP contribution in [-0.4, -0.2) is 44.1 Å². The number of amides is 1. The van der Waals surface area contributed by atoms with Gasteiger partial charge >= 0.3 is 0 Å². The van der Waals surface area contributed by atoms with Crippen molar-refractivity contribution >= 4 is 23.1 Å². The number of ether oxygens (including phenoxy) is 2. The van der Waals surface area contributed by atoms with E-state index in [2.05, 4.69) is 24.5 Å². The Morgan fingerprint density at radius 2 is 1.76 bits per heavy atom. The summed E-state index contributed by atoms with van der Waals surface area (Å²) in [5.41, 5.74) is 4.89. The molecule has 0 aromatic heterocycles. The van der Waals surface area contributed by atoms with Crippen LogP contribution in [0.1, 0.15) is 43.9 Å². The molecule has 1 aliphatic carbocycles. The van der Waals surface area contributed by atoms with Crippen molar-refractivity contribution in [2.45, 2.75) is 39.2 Å². The van der Waals surface area contributed by atoms with Crippen molar-refractivity contribution in [2.24, 2.45) is 5.41 Å². The molecule has 0 bridgehead atoms. The molecule has 8 heteroatoms. The van der Waals surface area contributed by atoms with Crippen LogP contribution in [0.2, 0.25) is 0 Å². The van der Waals surface area contributed by atoms with E-state index in [1.165, 1.54) is 0 Å². The summed E-state index contributed by atoms with van der Waals surface area (Å²) in [7, 11) is 3.18. The quantitative estimate of drug-likeness (QED) is 0.343. The van der Waals surface area contributed by atoms with Crippen LogP contribution in [0.15, 0.2) is 78.0 Å². The number of anilines is 2. The Bertz CT molecular complexity index is 1480. The van der Waals surface area contributed by atoms with Crippen molar-refractivity contribution in [3.63, 3.8) is 0 Å². The fourth-order valence-electron chi connectivity index (χ4n) is 5.82. The third-order valence-electron chi connectivity index (χ3n) is 7.71. The number of nitrogens with zero attached hydrogens (tertiary/aromatic N) is 1. The lowest BCUT2D eigenvalue weighted by Crippen LogP contribution is -2.42. The van der Waals surface area contributed by atoms with Gasteiger partial charge in [0.2, 0.25) is 5.91 Å². The van der Waals surface area contributed by atoms with Crippen LogP contribution in [-0.2, 0) is 16.0 Å². The average molecular weight is 556 g/mol. The zero-order valence-corrected chi connectivity index (χ0v) is 24.0. The maximum atomic E-state index is 13.9. The van der Waals surface area contributed by atoms with Crippen molar-refractivity contribution in [2.75, 3.05) is 37.5 Å². The third-order valence-corrected chi connectivity index (χ3v) is 7.71. The average Bonchev–Trinajstić information content (AvgIpc) is 3.07. The second kappa shape index (κ2) is 11.6. The summed E-state index contributed by atoms with van der Waals surface area (Å²) in [6, 6.07) is 20.0. The number of phenolic OH excluding ortho intramolecular Hbond substituents is 1. The third kappa shape index (κ3) is 6.01. The zero-order valence-electron chi connectivity index (χ0n) is 24.0. The monoisotopic (exact) mass is 555 g/mol. The van der Waals surface area contributed by atoms with E-state index in [-0.39, 0.29) is 29.4 Å². The van der Waals surface area contributed by atoms with Crippen molar-refractivity contribution < 1.29 is 24.2 Å². The molecule has 214 valence electrons. The number of hydrogen-bond donors (Lipinski definition) is 3. The molecule has 1 unspecified atom stereocenters. The first kappa shape index (κ1) is 28.1. The summed E-state index contributed by atoms with van der Waals surface area (Å²) < 4.78 is 11.1. The van der Waals surface area contributed by atoms with E-state index in [1.807, 2.05) is 59.5 Å². The number of nitrogens with one attached hydrogen (secondary N) is 2. The van der Waals surface area contributed by atoms with Crippen LogP contribution >= 0.6 is 0 Å². The standard InChI is InChI=1S/C33H37N3O5/c1-33(2)18-25-31(27(38)19-33)32(22-11-14-28(40-3)29(17-22)41-4)36(26-8-6-5-7-24(26)35-25)20-30(39)34-16-15-21-9-12-23(37)13-10-21/h5-14,17,32,35,37H,15-16,18-20H2,1-4H3,(H,34,39). The number of hydrogen-bond acceptors (Lipinski definition) is 7. The van der Waals surface area contributed by atoms with Crippen LogP contribution in [0, 0.1) is 5.41 Å². The highest BCUT2D eigenvalue weighted by Gasteiger charge is 2.42. The molecular weight excluding hydrogens is 518 g/mol. The summed E-state index contributed by atoms with van der Waals surface area (Å²) in [6.07, 6.45) is 1.76. The number of fused-ring (bicyclic) bond motifs is 1. The Labute approximate surface area is 241 Å². The summed E-state index contributed by atoms with van der Waals surface area (Å²) in [5, 5.41) is 16.2. The number of aromatic hydroxyl groups is 1. The van der Waals surface area contributed by atoms with Gasteiger partial charge < -0.3 is 30.1 Å². The first-order chi connectivity index (χ1) is 19.7. The Morgan fingerprint density at radius 1 is 1.02 bits per heavy atom. The zero-order chi connectivity index (χ0) is 29.1. The normalized spacial score (nSPS) is 17.6. The summed E-state index contributed by atoms with van der Waals surface area (Å²) >= 11 is 0. The van der Waals surface area contributed by atoms with Gasteiger partial charge in [-0.15, -0.1) is 0 Å². The number of benzene rings is 3. The fraction of sp³-hybridized carbons (Fsp3) is 0.333. The molecule has 0 saturated carbocycles. The number of rotatable bonds is 8. The molecule has 5 rings (SSSR count). The van der Waals surface area contributed by atoms with Crippen molar-refractivity contribution in [1.82, 2.24) is 5.32 Å². The van der Waals surface area contributed by atoms with E-state index in [4.69, 9.17) is 9.47 Å². The van der Waals surface area contributed by atoms with E-state index in [0.29, 0.717) is 42.9 Å². The van der Waals surface area contributed by atoms with E-state index < -0.39 is 6.04 Å². The number of methoxy groups -OCH3 is 2. The van der Waals surface area contributed by atoms with Crippen LogP contribution in [0.5, 0.6) is 17.2 Å². The van der Waals surface area contributed by atoms with E-state index in [1.54, 1.807) is 26.4 Å². The van der Waals surface area contributed by atoms with Crippen LogP contribution in [0.3, 0.4) is 0 Å². The predicted octanol–water partition coefficient (Wildman–Crippen LogP) is 5.38. The largest absolute Gasteiger partial charge is 0.508 e. The van der Waals surface area contributed by atoms with Crippen LogP contribution in [0.4, 0.5) is 11.4 Å². The minimum Gasteiger partial charge on any atom is -0.508 e. The topological polar surface area (TPSA) is 100 Å². The van der Waals surface area contributed by atoms with Gasteiger partial charge in [0.1, 0.15) is 5.75 Å². The highest BCUT2D eigenvalue weighted by molar-refractivity contribution is 6.02. The Morgan fingerprint density at radius 3 is 2.49 bits per heavy atom. The molecule has 3 aromatic carbocycles. The van der Waals surface area contributed by atoms with Gasteiger partial charge in [-0.2, -0.15) is 0 Å². The molecule has 0 saturated heterocycles. The number of carbonyl (C=O) groups is 2. The molecule has 8 nitrogen and oxygen atoms in total. The lowest BCUT2D eigenvalue weighted by molar-refractivity contribution is -0.120. The molecule has 41 heavy (non-hydrogen) atoms. The van der Waals surface area contributed by atoms with Crippen molar-refractivity contribution in [3.8, 4) is 17.2 Å². The number of allylic oxidation sites excluding steroid dienone is 1. The first-order valence-electron chi connectivity index (χ1n) is 13.8. The number of ketones is 1. The number of phenols is 1. The number of carbonyl (C=O) groups excluding carboxylic acids is 2. The van der Waals surface area contributed by atoms with Gasteiger partial charge in [-0.25, -0.2) is 0 Å². The van der Waals surface area contributed by atoms with Crippen molar-refractivity contribution in [1.29, 1.82) is 0 Å².